The van der Waals surface area contributed by atoms with Gasteiger partial charge in [-0.05, 0) is 19.3 Å². The van der Waals surface area contributed by atoms with E-state index in [0.717, 1.165) is 0 Å². The maximum atomic E-state index is 13.6. The van der Waals surface area contributed by atoms with Crippen molar-refractivity contribution in [2.45, 2.75) is 31.5 Å². The van der Waals surface area contributed by atoms with Crippen LogP contribution in [0.25, 0.3) is 0 Å². The highest BCUT2D eigenvalue weighted by atomic mass is 19.2. The van der Waals surface area contributed by atoms with E-state index >= 15 is 0 Å². The summed E-state index contributed by atoms with van der Waals surface area (Å²) in [5.41, 5.74) is -3.13. The number of halogens is 10. The Balaban J connectivity index is 2.18. The van der Waals surface area contributed by atoms with Gasteiger partial charge >= 0.3 is 0 Å². The number of hydrogen-bond acceptors (Lipinski definition) is 2. The Morgan fingerprint density at radius 3 is 0.862 bits per heavy atom. The first kappa shape index (κ1) is 22.9. The summed E-state index contributed by atoms with van der Waals surface area (Å²) in [5, 5.41) is 19.4. The fourth-order valence-corrected chi connectivity index (χ4v) is 2.62. The van der Waals surface area contributed by atoms with Gasteiger partial charge in [0.2, 0.25) is 11.6 Å². The zero-order valence-electron chi connectivity index (χ0n) is 14.0. The summed E-state index contributed by atoms with van der Waals surface area (Å²) in [7, 11) is 0. The van der Waals surface area contributed by atoms with Crippen LogP contribution in [0.15, 0.2) is 0 Å². The monoisotopic (exact) mass is 436 g/mol. The van der Waals surface area contributed by atoms with Crippen LogP contribution in [-0.2, 0) is 0 Å². The Hall–Kier alpha value is -2.34. The highest BCUT2D eigenvalue weighted by molar-refractivity contribution is 5.27. The van der Waals surface area contributed by atoms with Crippen molar-refractivity contribution in [1.82, 2.24) is 0 Å². The van der Waals surface area contributed by atoms with Gasteiger partial charge in [-0.25, -0.2) is 43.9 Å². The number of aliphatic hydroxyl groups is 2. The lowest BCUT2D eigenvalue weighted by Gasteiger charge is -2.17. The van der Waals surface area contributed by atoms with Gasteiger partial charge in [0, 0.05) is 0 Å². The fourth-order valence-electron chi connectivity index (χ4n) is 2.62. The van der Waals surface area contributed by atoms with Crippen molar-refractivity contribution < 1.29 is 54.1 Å². The van der Waals surface area contributed by atoms with Gasteiger partial charge in [-0.1, -0.05) is 0 Å². The lowest BCUT2D eigenvalue weighted by molar-refractivity contribution is 0.123. The third-order valence-electron chi connectivity index (χ3n) is 4.11. The van der Waals surface area contributed by atoms with Gasteiger partial charge in [0.05, 0.1) is 23.3 Å². The molecular weight excluding hydrogens is 426 g/mol. The second kappa shape index (κ2) is 8.57. The smallest absolute Gasteiger partial charge is 0.200 e. The van der Waals surface area contributed by atoms with E-state index in [0.29, 0.717) is 0 Å². The van der Waals surface area contributed by atoms with E-state index in [9.17, 15) is 54.1 Å². The molecule has 0 bridgehead atoms. The largest absolute Gasteiger partial charge is 0.388 e. The maximum absolute atomic E-state index is 13.6. The van der Waals surface area contributed by atoms with Crippen LogP contribution in [0, 0.1) is 58.2 Å². The average molecular weight is 436 g/mol. The second-order valence-electron chi connectivity index (χ2n) is 5.93. The molecule has 2 rings (SSSR count). The Morgan fingerprint density at radius 1 is 0.414 bits per heavy atom. The second-order valence-corrected chi connectivity index (χ2v) is 5.93. The summed E-state index contributed by atoms with van der Waals surface area (Å²) >= 11 is 0. The first-order valence-electron chi connectivity index (χ1n) is 7.80. The van der Waals surface area contributed by atoms with Gasteiger partial charge in [0.1, 0.15) is 0 Å². The Morgan fingerprint density at radius 2 is 0.621 bits per heavy atom. The van der Waals surface area contributed by atoms with E-state index in [-0.39, 0.29) is 0 Å². The van der Waals surface area contributed by atoms with Crippen molar-refractivity contribution in [3.63, 3.8) is 0 Å². The molecule has 0 aliphatic rings. The predicted octanol–water partition coefficient (Wildman–Crippen LogP) is 5.01. The van der Waals surface area contributed by atoms with Gasteiger partial charge in [0.15, 0.2) is 46.5 Å². The van der Waals surface area contributed by atoms with Crippen LogP contribution in [0.2, 0.25) is 0 Å². The van der Waals surface area contributed by atoms with Gasteiger partial charge in [-0.3, -0.25) is 0 Å². The number of hydrogen-bond donors (Lipinski definition) is 2. The highest BCUT2D eigenvalue weighted by Gasteiger charge is 2.31. The van der Waals surface area contributed by atoms with Gasteiger partial charge in [0.25, 0.3) is 0 Å². The molecule has 2 aromatic carbocycles. The molecule has 0 heterocycles. The summed E-state index contributed by atoms with van der Waals surface area (Å²) in [6.07, 6.45) is -6.65. The summed E-state index contributed by atoms with van der Waals surface area (Å²) < 4.78 is 133. The number of rotatable bonds is 6. The Kier molecular flexibility index (Phi) is 6.78. The summed E-state index contributed by atoms with van der Waals surface area (Å²) in [4.78, 5) is 0. The fraction of sp³-hybridized carbons (Fsp3) is 0.294. The van der Waals surface area contributed by atoms with Crippen molar-refractivity contribution in [2.75, 3.05) is 0 Å². The molecule has 0 aliphatic heterocycles. The quantitative estimate of drug-likeness (QED) is 0.380. The lowest BCUT2D eigenvalue weighted by Crippen LogP contribution is -2.13. The van der Waals surface area contributed by atoms with Gasteiger partial charge in [-0.15, -0.1) is 0 Å². The molecule has 2 atom stereocenters. The standard InChI is InChI=1S/C17H10F10O2/c18-8-6(9(19)13(23)16(26)12(8)22)4(28)2-1-3-5(29)7-10(20)14(24)17(27)15(25)11(7)21/h4-5,28-29H,1-3H2/t4-,5-/m1/s1. The first-order chi connectivity index (χ1) is 13.4. The SMILES string of the molecule is O[C@H](CCC[C@@H](O)c1c(F)c(F)c(F)c(F)c1F)c1c(F)c(F)c(F)c(F)c1F. The van der Waals surface area contributed by atoms with Crippen molar-refractivity contribution in [3.8, 4) is 0 Å². The minimum Gasteiger partial charge on any atom is -0.388 e. The third-order valence-corrected chi connectivity index (χ3v) is 4.11. The molecule has 0 spiro atoms. The zero-order valence-corrected chi connectivity index (χ0v) is 14.0. The molecule has 160 valence electrons. The van der Waals surface area contributed by atoms with Crippen molar-refractivity contribution in [2.24, 2.45) is 0 Å². The van der Waals surface area contributed by atoms with Crippen LogP contribution < -0.4 is 0 Å². The average Bonchev–Trinajstić information content (AvgIpc) is 2.68. The molecule has 2 aromatic rings. The molecule has 29 heavy (non-hydrogen) atoms. The van der Waals surface area contributed by atoms with E-state index in [2.05, 4.69) is 0 Å². The summed E-state index contributed by atoms with van der Waals surface area (Å²) in [6.45, 7) is 0. The molecule has 0 fully saturated rings. The normalized spacial score (nSPS) is 13.7. The molecule has 2 N–H and O–H groups in total. The van der Waals surface area contributed by atoms with E-state index in [1.165, 1.54) is 0 Å². The van der Waals surface area contributed by atoms with E-state index in [1.807, 2.05) is 0 Å². The molecule has 0 amide bonds. The van der Waals surface area contributed by atoms with Crippen molar-refractivity contribution in [3.05, 3.63) is 69.3 Å². The van der Waals surface area contributed by atoms with Gasteiger partial charge in [-0.2, -0.15) is 0 Å². The molecule has 0 unspecified atom stereocenters. The van der Waals surface area contributed by atoms with Crippen LogP contribution in [0.3, 0.4) is 0 Å². The van der Waals surface area contributed by atoms with Crippen molar-refractivity contribution >= 4 is 0 Å². The number of aliphatic hydroxyl groups excluding tert-OH is 2. The molecule has 0 aromatic heterocycles. The first-order valence-corrected chi connectivity index (χ1v) is 7.80. The third kappa shape index (κ3) is 4.04. The lowest BCUT2D eigenvalue weighted by atomic mass is 9.97. The van der Waals surface area contributed by atoms with E-state index in [1.54, 1.807) is 0 Å². The van der Waals surface area contributed by atoms with Crippen LogP contribution in [0.5, 0.6) is 0 Å². The minimum absolute atomic E-state index is 0.554. The molecule has 12 heteroatoms. The Bertz CT molecular complexity index is 813. The van der Waals surface area contributed by atoms with E-state index < -0.39 is 101 Å². The molecule has 0 saturated heterocycles. The van der Waals surface area contributed by atoms with Crippen LogP contribution in [0.4, 0.5) is 43.9 Å². The predicted molar refractivity (Wildman–Crippen MR) is 76.2 cm³/mol. The summed E-state index contributed by atoms with van der Waals surface area (Å²) in [5.74, 6) is -23.3. The van der Waals surface area contributed by atoms with E-state index in [4.69, 9.17) is 0 Å². The maximum Gasteiger partial charge on any atom is 0.200 e. The summed E-state index contributed by atoms with van der Waals surface area (Å²) in [6, 6.07) is 0. The zero-order chi connectivity index (χ0) is 22.2. The van der Waals surface area contributed by atoms with Crippen LogP contribution in [0.1, 0.15) is 42.6 Å². The number of benzene rings is 2. The molecular formula is C17H10F10O2. The highest BCUT2D eigenvalue weighted by Crippen LogP contribution is 2.33. The molecule has 2 nitrogen and oxygen atoms in total. The molecule has 0 saturated carbocycles. The van der Waals surface area contributed by atoms with Crippen molar-refractivity contribution in [1.29, 1.82) is 0 Å². The van der Waals surface area contributed by atoms with Crippen LogP contribution >= 0.6 is 0 Å². The van der Waals surface area contributed by atoms with Gasteiger partial charge < -0.3 is 10.2 Å². The van der Waals surface area contributed by atoms with Crippen LogP contribution in [-0.4, -0.2) is 10.2 Å². The molecule has 0 aliphatic carbocycles. The topological polar surface area (TPSA) is 40.5 Å². The molecule has 0 radical (unpaired) electrons. The Labute approximate surface area is 156 Å². The minimum atomic E-state index is -2.45.